The molecule has 2 N–H and O–H groups in total. The van der Waals surface area contributed by atoms with Gasteiger partial charge in [0.1, 0.15) is 0 Å². The molecule has 8 aliphatic carbocycles. The molecule has 10 rings (SSSR count). The van der Waals surface area contributed by atoms with Gasteiger partial charge in [-0.15, -0.1) is 0 Å². The molecular weight excluding hydrogens is 507 g/mol. The van der Waals surface area contributed by atoms with Gasteiger partial charge in [-0.2, -0.15) is 0 Å². The van der Waals surface area contributed by atoms with Crippen LogP contribution in [0.15, 0.2) is 48.5 Å². The lowest BCUT2D eigenvalue weighted by Crippen LogP contribution is -2.63. The molecule has 2 aromatic rings. The molecule has 0 heterocycles. The Labute approximate surface area is 238 Å². The maximum atomic E-state index is 6.42. The molecule has 0 radical (unpaired) electrons. The first-order valence-electron chi connectivity index (χ1n) is 15.5. The third kappa shape index (κ3) is 4.47. The van der Waals surface area contributed by atoms with Gasteiger partial charge in [-0.05, 0) is 148 Å². The molecule has 0 spiro atoms. The minimum Gasteiger partial charge on any atom is -0.303 e. The molecule has 2 atom stereocenters. The number of halogens is 2. The van der Waals surface area contributed by atoms with Crippen LogP contribution in [0, 0.1) is 35.5 Å². The summed E-state index contributed by atoms with van der Waals surface area (Å²) < 4.78 is 0. The molecule has 0 amide bonds. The van der Waals surface area contributed by atoms with Gasteiger partial charge in [0, 0.05) is 21.1 Å². The topological polar surface area (TPSA) is 24.1 Å². The lowest BCUT2D eigenvalue weighted by molar-refractivity contribution is -0.0411. The van der Waals surface area contributed by atoms with Crippen LogP contribution in [-0.4, -0.2) is 11.1 Å². The van der Waals surface area contributed by atoms with Crippen LogP contribution in [0.25, 0.3) is 0 Å². The van der Waals surface area contributed by atoms with Gasteiger partial charge in [-0.25, -0.2) is 0 Å². The zero-order valence-electron chi connectivity index (χ0n) is 22.5. The number of hydrogen-bond acceptors (Lipinski definition) is 2. The third-order valence-electron chi connectivity index (χ3n) is 11.8. The fourth-order valence-electron chi connectivity index (χ4n) is 11.3. The number of rotatable bonds is 7. The summed E-state index contributed by atoms with van der Waals surface area (Å²) in [6, 6.07) is 17.9. The molecule has 0 unspecified atom stereocenters. The van der Waals surface area contributed by atoms with Crippen molar-refractivity contribution < 1.29 is 0 Å². The van der Waals surface area contributed by atoms with Crippen LogP contribution in [0.1, 0.15) is 100 Å². The second-order valence-electron chi connectivity index (χ2n) is 14.7. The van der Waals surface area contributed by atoms with Gasteiger partial charge < -0.3 is 10.6 Å². The molecule has 4 heteroatoms. The van der Waals surface area contributed by atoms with Gasteiger partial charge in [0.2, 0.25) is 0 Å². The van der Waals surface area contributed by atoms with E-state index in [0.29, 0.717) is 0 Å². The monoisotopic (exact) mass is 548 g/mol. The number of hydrogen-bond donors (Lipinski definition) is 2. The van der Waals surface area contributed by atoms with E-state index in [1.54, 1.807) is 0 Å². The van der Waals surface area contributed by atoms with E-state index in [1.165, 1.54) is 88.2 Å². The van der Waals surface area contributed by atoms with Crippen LogP contribution in [0.5, 0.6) is 0 Å². The summed E-state index contributed by atoms with van der Waals surface area (Å²) in [6.45, 7) is 0. The van der Waals surface area contributed by atoms with Crippen molar-refractivity contribution in [3.8, 4) is 0 Å². The molecule has 0 aromatic heterocycles. The predicted octanol–water partition coefficient (Wildman–Crippen LogP) is 8.89. The second kappa shape index (κ2) is 9.23. The van der Waals surface area contributed by atoms with Crippen LogP contribution in [0.2, 0.25) is 10.0 Å². The summed E-state index contributed by atoms with van der Waals surface area (Å²) in [5, 5.41) is 10.5. The van der Waals surface area contributed by atoms with Crippen LogP contribution in [0.3, 0.4) is 0 Å². The van der Waals surface area contributed by atoms with E-state index in [0.717, 1.165) is 45.6 Å². The molecule has 8 saturated carbocycles. The lowest BCUT2D eigenvalue weighted by atomic mass is 9.52. The van der Waals surface area contributed by atoms with Gasteiger partial charge in [0.05, 0.1) is 12.1 Å². The second-order valence-corrected chi connectivity index (χ2v) is 15.6. The molecule has 8 bridgehead atoms. The summed E-state index contributed by atoms with van der Waals surface area (Å²) in [5.41, 5.74) is 3.27. The molecule has 8 aliphatic rings. The fraction of sp³-hybridized carbons (Fsp3) is 0.647. The highest BCUT2D eigenvalue weighted by atomic mass is 35.5. The summed E-state index contributed by atoms with van der Waals surface area (Å²) in [6.07, 6.45) is 17.0. The van der Waals surface area contributed by atoms with Crippen LogP contribution < -0.4 is 10.6 Å². The van der Waals surface area contributed by atoms with Gasteiger partial charge in [-0.1, -0.05) is 47.5 Å². The Morgan fingerprint density at radius 1 is 0.474 bits per heavy atom. The Morgan fingerprint density at radius 2 is 0.737 bits per heavy atom. The normalized spacial score (nSPS) is 41.9. The molecule has 202 valence electrons. The summed E-state index contributed by atoms with van der Waals surface area (Å²) in [5.74, 6) is 5.53. The van der Waals surface area contributed by atoms with E-state index in [2.05, 4.69) is 59.2 Å². The van der Waals surface area contributed by atoms with Gasteiger partial charge >= 0.3 is 0 Å². The van der Waals surface area contributed by atoms with Crippen molar-refractivity contribution >= 4 is 23.2 Å². The average molecular weight is 550 g/mol. The van der Waals surface area contributed by atoms with E-state index in [1.807, 2.05) is 0 Å². The lowest BCUT2D eigenvalue weighted by Gasteiger charge is -2.60. The molecular formula is C34H42Cl2N2. The average Bonchev–Trinajstić information content (AvgIpc) is 2.86. The first kappa shape index (κ1) is 24.7. The van der Waals surface area contributed by atoms with Crippen molar-refractivity contribution in [3.05, 3.63) is 69.7 Å². The maximum Gasteiger partial charge on any atom is 0.0522 e. The SMILES string of the molecule is Clc1ccc([C@@H](NC23CC4CC(CC(C4)C2)C3)[C@H](NC23CC4CC(CC(C4)C2)C3)c2ccc(Cl)cc2)cc1. The Kier molecular flexibility index (Phi) is 6.00. The smallest absolute Gasteiger partial charge is 0.0522 e. The van der Waals surface area contributed by atoms with Gasteiger partial charge in [0.15, 0.2) is 0 Å². The van der Waals surface area contributed by atoms with E-state index < -0.39 is 0 Å². The first-order chi connectivity index (χ1) is 18.4. The largest absolute Gasteiger partial charge is 0.303 e. The Bertz CT molecular complexity index is 1010. The van der Waals surface area contributed by atoms with E-state index in [-0.39, 0.29) is 23.2 Å². The molecule has 8 fully saturated rings. The molecule has 0 saturated heterocycles. The quantitative estimate of drug-likeness (QED) is 0.360. The highest BCUT2D eigenvalue weighted by Gasteiger charge is 2.54. The maximum absolute atomic E-state index is 6.42. The minimum atomic E-state index is 0.206. The summed E-state index contributed by atoms with van der Waals surface area (Å²) in [4.78, 5) is 0. The number of nitrogens with one attached hydrogen (secondary N) is 2. The molecule has 2 nitrogen and oxygen atoms in total. The Morgan fingerprint density at radius 3 is 1.00 bits per heavy atom. The summed E-state index contributed by atoms with van der Waals surface area (Å²) >= 11 is 12.8. The van der Waals surface area contributed by atoms with Gasteiger partial charge in [-0.3, -0.25) is 0 Å². The van der Waals surface area contributed by atoms with Crippen molar-refractivity contribution in [1.29, 1.82) is 0 Å². The van der Waals surface area contributed by atoms with Crippen molar-refractivity contribution in [1.82, 2.24) is 10.6 Å². The van der Waals surface area contributed by atoms with E-state index >= 15 is 0 Å². The summed E-state index contributed by atoms with van der Waals surface area (Å²) in [7, 11) is 0. The minimum absolute atomic E-state index is 0.206. The first-order valence-corrected chi connectivity index (χ1v) is 16.2. The van der Waals surface area contributed by atoms with Crippen molar-refractivity contribution in [3.63, 3.8) is 0 Å². The van der Waals surface area contributed by atoms with Crippen molar-refractivity contribution in [2.24, 2.45) is 35.5 Å². The molecule has 0 aliphatic heterocycles. The number of benzene rings is 2. The Hall–Kier alpha value is -1.06. The van der Waals surface area contributed by atoms with Crippen LogP contribution in [-0.2, 0) is 0 Å². The van der Waals surface area contributed by atoms with E-state index in [4.69, 9.17) is 23.2 Å². The van der Waals surface area contributed by atoms with Crippen LogP contribution >= 0.6 is 23.2 Å². The predicted molar refractivity (Wildman–Crippen MR) is 156 cm³/mol. The third-order valence-corrected chi connectivity index (χ3v) is 12.3. The molecule has 38 heavy (non-hydrogen) atoms. The Balaban J connectivity index is 1.19. The van der Waals surface area contributed by atoms with Crippen molar-refractivity contribution in [2.45, 2.75) is 100 Å². The highest BCUT2D eigenvalue weighted by molar-refractivity contribution is 6.30. The van der Waals surface area contributed by atoms with Crippen LogP contribution in [0.4, 0.5) is 0 Å². The molecule has 2 aromatic carbocycles. The van der Waals surface area contributed by atoms with E-state index in [9.17, 15) is 0 Å². The zero-order valence-corrected chi connectivity index (χ0v) is 24.0. The fourth-order valence-corrected chi connectivity index (χ4v) is 11.5. The van der Waals surface area contributed by atoms with Gasteiger partial charge in [0.25, 0.3) is 0 Å². The standard InChI is InChI=1S/C34H42Cl2N2/c35-29-5-1-27(2-6-29)31(37-33-15-21-9-22(16-33)11-23(10-21)17-33)32(28-3-7-30(36)8-4-28)38-34-18-24-12-25(19-34)14-26(13-24)20-34/h1-8,21-26,31-32,37-38H,9-20H2/t21?,22?,23?,24?,25?,26?,31-,32-,33?,34?/m1/s1. The zero-order chi connectivity index (χ0) is 25.5. The highest BCUT2D eigenvalue weighted by Crippen LogP contribution is 2.58. The van der Waals surface area contributed by atoms with Crippen molar-refractivity contribution in [2.75, 3.05) is 0 Å².